The summed E-state index contributed by atoms with van der Waals surface area (Å²) in [5.41, 5.74) is 6.64. The molecule has 0 amide bonds. The Morgan fingerprint density at radius 3 is 3.00 bits per heavy atom. The maximum atomic E-state index is 8.90. The second-order valence-corrected chi connectivity index (χ2v) is 3.68. The fraction of sp³-hybridized carbons (Fsp3) is 0.455. The Labute approximate surface area is 93.7 Å². The summed E-state index contributed by atoms with van der Waals surface area (Å²) in [5.74, 6) is 1.93. The third-order valence-electron chi connectivity index (χ3n) is 2.45. The predicted octanol–water partition coefficient (Wildman–Crippen LogP) is 0.286. The molecular weight excluding hydrogens is 210 g/mol. The van der Waals surface area contributed by atoms with Gasteiger partial charge in [-0.1, -0.05) is 0 Å². The van der Waals surface area contributed by atoms with Gasteiger partial charge in [-0.15, -0.1) is 0 Å². The van der Waals surface area contributed by atoms with Crippen molar-refractivity contribution in [3.63, 3.8) is 0 Å². The number of fused-ring (bicyclic) bond motifs is 1. The minimum atomic E-state index is -0.273. The highest BCUT2D eigenvalue weighted by molar-refractivity contribution is 5.55. The average molecular weight is 225 g/mol. The number of aliphatic hydroxyl groups is 1. The van der Waals surface area contributed by atoms with Crippen LogP contribution in [0.4, 0.5) is 0 Å². The standard InChI is InChI=1S/C11H15NO4/c1-14-9-3-7(2-8(12)5-13)4-10-11(9)16-6-15-10/h3-4,8,13H,2,5-6,12H2,1H3. The summed E-state index contributed by atoms with van der Waals surface area (Å²) in [7, 11) is 1.58. The number of hydrogen-bond acceptors (Lipinski definition) is 5. The van der Waals surface area contributed by atoms with Crippen LogP contribution in [0, 0.1) is 0 Å². The molecule has 0 saturated heterocycles. The summed E-state index contributed by atoms with van der Waals surface area (Å²) in [5, 5.41) is 8.90. The highest BCUT2D eigenvalue weighted by Gasteiger charge is 2.20. The predicted molar refractivity (Wildman–Crippen MR) is 57.9 cm³/mol. The van der Waals surface area contributed by atoms with Crippen molar-refractivity contribution in [2.75, 3.05) is 20.5 Å². The Morgan fingerprint density at radius 1 is 1.50 bits per heavy atom. The van der Waals surface area contributed by atoms with Gasteiger partial charge < -0.3 is 25.1 Å². The van der Waals surface area contributed by atoms with Crippen LogP contribution in [0.15, 0.2) is 12.1 Å². The monoisotopic (exact) mass is 225 g/mol. The average Bonchev–Trinajstić information content (AvgIpc) is 2.75. The molecule has 0 spiro atoms. The first-order chi connectivity index (χ1) is 7.74. The van der Waals surface area contributed by atoms with Crippen molar-refractivity contribution < 1.29 is 19.3 Å². The summed E-state index contributed by atoms with van der Waals surface area (Å²) in [4.78, 5) is 0. The summed E-state index contributed by atoms with van der Waals surface area (Å²) >= 11 is 0. The van der Waals surface area contributed by atoms with Crippen LogP contribution in [0.25, 0.3) is 0 Å². The zero-order chi connectivity index (χ0) is 11.5. The van der Waals surface area contributed by atoms with Gasteiger partial charge in [-0.3, -0.25) is 0 Å². The van der Waals surface area contributed by atoms with Gasteiger partial charge in [0, 0.05) is 6.04 Å². The Hall–Kier alpha value is -1.46. The van der Waals surface area contributed by atoms with E-state index in [0.29, 0.717) is 23.7 Å². The number of benzene rings is 1. The van der Waals surface area contributed by atoms with E-state index in [1.165, 1.54) is 0 Å². The van der Waals surface area contributed by atoms with Crippen molar-refractivity contribution in [1.29, 1.82) is 0 Å². The minimum absolute atomic E-state index is 0.0449. The molecule has 0 aromatic heterocycles. The molecule has 5 heteroatoms. The molecule has 1 unspecified atom stereocenters. The summed E-state index contributed by atoms with van der Waals surface area (Å²) in [6.07, 6.45) is 0.573. The highest BCUT2D eigenvalue weighted by atomic mass is 16.7. The van der Waals surface area contributed by atoms with Gasteiger partial charge >= 0.3 is 0 Å². The van der Waals surface area contributed by atoms with Crippen LogP contribution in [-0.2, 0) is 6.42 Å². The lowest BCUT2D eigenvalue weighted by molar-refractivity contribution is 0.171. The van der Waals surface area contributed by atoms with Crippen LogP contribution in [0.5, 0.6) is 17.2 Å². The van der Waals surface area contributed by atoms with Crippen molar-refractivity contribution in [2.24, 2.45) is 5.73 Å². The molecule has 3 N–H and O–H groups in total. The van der Waals surface area contributed by atoms with Gasteiger partial charge in [-0.25, -0.2) is 0 Å². The quantitative estimate of drug-likeness (QED) is 0.770. The van der Waals surface area contributed by atoms with E-state index in [4.69, 9.17) is 25.1 Å². The lowest BCUT2D eigenvalue weighted by Gasteiger charge is -2.11. The zero-order valence-electron chi connectivity index (χ0n) is 9.10. The fourth-order valence-corrected chi connectivity index (χ4v) is 1.67. The molecule has 88 valence electrons. The molecule has 0 aliphatic carbocycles. The first-order valence-electron chi connectivity index (χ1n) is 5.07. The van der Waals surface area contributed by atoms with E-state index in [1.807, 2.05) is 12.1 Å². The number of ether oxygens (including phenoxy) is 3. The third-order valence-corrected chi connectivity index (χ3v) is 2.45. The van der Waals surface area contributed by atoms with Gasteiger partial charge in [0.15, 0.2) is 11.5 Å². The smallest absolute Gasteiger partial charge is 0.231 e. The van der Waals surface area contributed by atoms with Crippen molar-refractivity contribution >= 4 is 0 Å². The first kappa shape index (κ1) is 11.0. The van der Waals surface area contributed by atoms with E-state index in [9.17, 15) is 0 Å². The number of rotatable bonds is 4. The van der Waals surface area contributed by atoms with E-state index in [1.54, 1.807) is 7.11 Å². The van der Waals surface area contributed by atoms with Gasteiger partial charge in [0.25, 0.3) is 0 Å². The van der Waals surface area contributed by atoms with E-state index < -0.39 is 0 Å². The molecule has 16 heavy (non-hydrogen) atoms. The molecule has 1 atom stereocenters. The van der Waals surface area contributed by atoms with Crippen LogP contribution < -0.4 is 19.9 Å². The van der Waals surface area contributed by atoms with E-state index in [2.05, 4.69) is 0 Å². The Bertz CT molecular complexity index is 380. The van der Waals surface area contributed by atoms with Crippen molar-refractivity contribution in [3.8, 4) is 17.2 Å². The van der Waals surface area contributed by atoms with E-state index in [0.717, 1.165) is 5.56 Å². The molecule has 0 bridgehead atoms. The summed E-state index contributed by atoms with van der Waals surface area (Å²) in [6, 6.07) is 3.44. The minimum Gasteiger partial charge on any atom is -0.493 e. The normalized spacial score (nSPS) is 14.9. The number of aliphatic hydroxyl groups excluding tert-OH is 1. The lowest BCUT2D eigenvalue weighted by atomic mass is 10.1. The van der Waals surface area contributed by atoms with Crippen LogP contribution in [0.2, 0.25) is 0 Å². The molecule has 5 nitrogen and oxygen atoms in total. The summed E-state index contributed by atoms with van der Waals surface area (Å²) < 4.78 is 15.8. The zero-order valence-corrected chi connectivity index (χ0v) is 9.10. The fourth-order valence-electron chi connectivity index (χ4n) is 1.67. The molecule has 2 rings (SSSR count). The second-order valence-electron chi connectivity index (χ2n) is 3.68. The third kappa shape index (κ3) is 2.05. The second kappa shape index (κ2) is 4.59. The van der Waals surface area contributed by atoms with Crippen molar-refractivity contribution in [2.45, 2.75) is 12.5 Å². The summed E-state index contributed by atoms with van der Waals surface area (Å²) in [6.45, 7) is 0.165. The Kier molecular flexibility index (Phi) is 3.17. The molecule has 1 heterocycles. The Balaban J connectivity index is 2.27. The molecule has 1 aromatic rings. The molecular formula is C11H15NO4. The largest absolute Gasteiger partial charge is 0.493 e. The molecule has 1 aliphatic heterocycles. The van der Waals surface area contributed by atoms with Crippen LogP contribution in [-0.4, -0.2) is 31.7 Å². The SMILES string of the molecule is COc1cc(CC(N)CO)cc2c1OCO2. The highest BCUT2D eigenvalue weighted by Crippen LogP contribution is 2.41. The van der Waals surface area contributed by atoms with Crippen LogP contribution >= 0.6 is 0 Å². The molecule has 0 saturated carbocycles. The van der Waals surface area contributed by atoms with Crippen molar-refractivity contribution in [3.05, 3.63) is 17.7 Å². The van der Waals surface area contributed by atoms with Crippen LogP contribution in [0.3, 0.4) is 0 Å². The molecule has 0 radical (unpaired) electrons. The number of hydrogen-bond donors (Lipinski definition) is 2. The maximum Gasteiger partial charge on any atom is 0.231 e. The van der Waals surface area contributed by atoms with E-state index >= 15 is 0 Å². The number of nitrogens with two attached hydrogens (primary N) is 1. The first-order valence-corrected chi connectivity index (χ1v) is 5.07. The Morgan fingerprint density at radius 2 is 2.31 bits per heavy atom. The molecule has 1 aliphatic rings. The van der Waals surface area contributed by atoms with Crippen molar-refractivity contribution in [1.82, 2.24) is 0 Å². The van der Waals surface area contributed by atoms with Crippen LogP contribution in [0.1, 0.15) is 5.56 Å². The van der Waals surface area contributed by atoms with Gasteiger partial charge in [-0.05, 0) is 24.1 Å². The molecule has 0 fully saturated rings. The van der Waals surface area contributed by atoms with Gasteiger partial charge in [0.2, 0.25) is 12.5 Å². The molecule has 1 aromatic carbocycles. The van der Waals surface area contributed by atoms with Gasteiger partial charge in [0.05, 0.1) is 13.7 Å². The topological polar surface area (TPSA) is 73.9 Å². The lowest BCUT2D eigenvalue weighted by Crippen LogP contribution is -2.26. The number of methoxy groups -OCH3 is 1. The van der Waals surface area contributed by atoms with Gasteiger partial charge in [-0.2, -0.15) is 0 Å². The van der Waals surface area contributed by atoms with E-state index in [-0.39, 0.29) is 19.4 Å². The van der Waals surface area contributed by atoms with Gasteiger partial charge in [0.1, 0.15) is 0 Å². The maximum absolute atomic E-state index is 8.90.